The largest absolute Gasteiger partial charge is 0.514 e. The predicted octanol–water partition coefficient (Wildman–Crippen LogP) is 4.17. The summed E-state index contributed by atoms with van der Waals surface area (Å²) in [6.07, 6.45) is 9.14. The molecular formula is C16H25OY-. The van der Waals surface area contributed by atoms with Gasteiger partial charge in [-0.1, -0.05) is 26.7 Å². The molecule has 1 radical (unpaired) electrons. The molecule has 2 saturated carbocycles. The Bertz CT molecular complexity index is 312. The quantitative estimate of drug-likeness (QED) is 0.561. The number of hydrogen-bond acceptors (Lipinski definition) is 1. The maximum Gasteiger partial charge on any atom is 0.120 e. The zero-order chi connectivity index (χ0) is 12.5. The van der Waals surface area contributed by atoms with E-state index in [1.807, 2.05) is 0 Å². The summed E-state index contributed by atoms with van der Waals surface area (Å²) in [5.74, 6) is 2.09. The van der Waals surface area contributed by atoms with Gasteiger partial charge in [-0.25, -0.2) is 0 Å². The molecule has 2 aliphatic rings. The molecule has 2 fully saturated rings. The molecule has 4 atom stereocenters. The van der Waals surface area contributed by atoms with Crippen LogP contribution in [0.1, 0.15) is 58.8 Å². The van der Waals surface area contributed by atoms with Crippen molar-refractivity contribution >= 4 is 6.29 Å². The molecule has 2 heteroatoms. The number of allylic oxidation sites excluding steroid dienone is 1. The van der Waals surface area contributed by atoms with Crippen molar-refractivity contribution in [3.8, 4) is 0 Å². The first kappa shape index (κ1) is 16.6. The smallest absolute Gasteiger partial charge is 0.120 e. The molecule has 0 aromatic rings. The van der Waals surface area contributed by atoms with E-state index in [4.69, 9.17) is 6.58 Å². The van der Waals surface area contributed by atoms with Gasteiger partial charge in [0.25, 0.3) is 0 Å². The topological polar surface area (TPSA) is 17.1 Å². The van der Waals surface area contributed by atoms with Gasteiger partial charge in [0.2, 0.25) is 0 Å². The standard InChI is InChI=1S/C16H25O.Y/c1-12-6-4-10-16(3)14(12)8-9-15(16)13(2)7-5-11-17;/h1,11,13-15H,4-10H2,2-3H3;/q-1;/t13-,14?,15-,16+;/m1./s1. The van der Waals surface area contributed by atoms with Crippen LogP contribution >= 0.6 is 0 Å². The van der Waals surface area contributed by atoms with Gasteiger partial charge in [0, 0.05) is 39.1 Å². The van der Waals surface area contributed by atoms with E-state index in [2.05, 4.69) is 13.8 Å². The maximum atomic E-state index is 10.5. The number of aldehydes is 1. The summed E-state index contributed by atoms with van der Waals surface area (Å²) in [5.41, 5.74) is 1.67. The second-order valence-electron chi connectivity index (χ2n) is 6.39. The van der Waals surface area contributed by atoms with Crippen LogP contribution in [0.4, 0.5) is 0 Å². The van der Waals surface area contributed by atoms with Crippen LogP contribution in [0, 0.1) is 29.7 Å². The number of carbonyl (C=O) groups excluding carboxylic acids is 1. The van der Waals surface area contributed by atoms with E-state index in [-0.39, 0.29) is 32.7 Å². The third-order valence-corrected chi connectivity index (χ3v) is 5.46. The van der Waals surface area contributed by atoms with E-state index in [9.17, 15) is 4.79 Å². The SMILES string of the molecule is [CH-]=C1CCC[C@@]2(C)C1CC[C@@H]2[C@H](C)CCC=O.[Y]. The summed E-state index contributed by atoms with van der Waals surface area (Å²) in [6.45, 7) is 11.0. The summed E-state index contributed by atoms with van der Waals surface area (Å²) >= 11 is 0. The number of fused-ring (bicyclic) bond motifs is 1. The minimum atomic E-state index is 0. The van der Waals surface area contributed by atoms with Crippen LogP contribution < -0.4 is 0 Å². The van der Waals surface area contributed by atoms with Crippen LogP contribution in [0.25, 0.3) is 0 Å². The van der Waals surface area contributed by atoms with E-state index < -0.39 is 0 Å². The van der Waals surface area contributed by atoms with Crippen molar-refractivity contribution in [1.82, 2.24) is 0 Å². The molecule has 1 nitrogen and oxygen atoms in total. The molecule has 0 amide bonds. The Labute approximate surface area is 137 Å². The van der Waals surface area contributed by atoms with Crippen molar-refractivity contribution in [1.29, 1.82) is 0 Å². The Kier molecular flexibility index (Phi) is 6.25. The third kappa shape index (κ3) is 2.98. The minimum absolute atomic E-state index is 0. The Morgan fingerprint density at radius 1 is 1.50 bits per heavy atom. The van der Waals surface area contributed by atoms with Gasteiger partial charge in [-0.05, 0) is 48.9 Å². The Morgan fingerprint density at radius 3 is 2.89 bits per heavy atom. The maximum absolute atomic E-state index is 10.5. The molecular weight excluding hydrogens is 297 g/mol. The molecule has 1 unspecified atom stereocenters. The van der Waals surface area contributed by atoms with Gasteiger partial charge in [0.1, 0.15) is 6.29 Å². The number of hydrogen-bond donors (Lipinski definition) is 0. The van der Waals surface area contributed by atoms with Crippen molar-refractivity contribution in [3.63, 3.8) is 0 Å². The molecule has 2 rings (SSSR count). The number of rotatable bonds is 4. The van der Waals surface area contributed by atoms with Gasteiger partial charge < -0.3 is 11.4 Å². The van der Waals surface area contributed by atoms with E-state index in [1.54, 1.807) is 0 Å². The van der Waals surface area contributed by atoms with E-state index >= 15 is 0 Å². The van der Waals surface area contributed by atoms with Gasteiger partial charge in [-0.15, -0.1) is 0 Å². The molecule has 0 aliphatic heterocycles. The first-order valence-corrected chi connectivity index (χ1v) is 7.14. The van der Waals surface area contributed by atoms with Gasteiger partial charge in [-0.2, -0.15) is 0 Å². The van der Waals surface area contributed by atoms with Crippen molar-refractivity contribution in [2.45, 2.75) is 58.8 Å². The zero-order valence-electron chi connectivity index (χ0n) is 11.8. The van der Waals surface area contributed by atoms with Gasteiger partial charge in [0.15, 0.2) is 0 Å². The minimum Gasteiger partial charge on any atom is -0.514 e. The Hall–Kier alpha value is 0.514. The third-order valence-electron chi connectivity index (χ3n) is 5.46. The van der Waals surface area contributed by atoms with Crippen molar-refractivity contribution in [2.75, 3.05) is 0 Å². The fraction of sp³-hybridized carbons (Fsp3) is 0.812. The van der Waals surface area contributed by atoms with Gasteiger partial charge in [0.05, 0.1) is 0 Å². The molecule has 2 aliphatic carbocycles. The summed E-state index contributed by atoms with van der Waals surface area (Å²) in [4.78, 5) is 10.5. The van der Waals surface area contributed by atoms with Gasteiger partial charge >= 0.3 is 0 Å². The molecule has 0 bridgehead atoms. The fourth-order valence-corrected chi connectivity index (χ4v) is 4.55. The molecule has 0 heterocycles. The molecule has 0 aromatic carbocycles. The van der Waals surface area contributed by atoms with E-state index in [0.29, 0.717) is 17.3 Å². The molecule has 99 valence electrons. The zero-order valence-corrected chi connectivity index (χ0v) is 14.7. The Balaban J connectivity index is 0.00000162. The average Bonchev–Trinajstić information content (AvgIpc) is 2.64. The summed E-state index contributed by atoms with van der Waals surface area (Å²) in [5, 5.41) is 0. The molecule has 0 N–H and O–H groups in total. The van der Waals surface area contributed by atoms with Crippen LogP contribution in [0.15, 0.2) is 5.57 Å². The number of carbonyl (C=O) groups is 1. The second-order valence-corrected chi connectivity index (χ2v) is 6.39. The van der Waals surface area contributed by atoms with E-state index in [0.717, 1.165) is 31.5 Å². The van der Waals surface area contributed by atoms with Crippen molar-refractivity contribution in [3.05, 3.63) is 12.2 Å². The first-order valence-electron chi connectivity index (χ1n) is 7.14. The van der Waals surface area contributed by atoms with Crippen molar-refractivity contribution in [2.24, 2.45) is 23.2 Å². The van der Waals surface area contributed by atoms with Crippen LogP contribution in [0.3, 0.4) is 0 Å². The predicted molar refractivity (Wildman–Crippen MR) is 70.4 cm³/mol. The second kappa shape index (κ2) is 6.79. The molecule has 0 aromatic heterocycles. The van der Waals surface area contributed by atoms with Crippen LogP contribution in [0.2, 0.25) is 0 Å². The Morgan fingerprint density at radius 2 is 2.22 bits per heavy atom. The molecule has 0 saturated heterocycles. The summed E-state index contributed by atoms with van der Waals surface area (Å²) < 4.78 is 0. The fourth-order valence-electron chi connectivity index (χ4n) is 4.55. The average molecular weight is 322 g/mol. The first-order chi connectivity index (χ1) is 8.09. The van der Waals surface area contributed by atoms with Crippen molar-refractivity contribution < 1.29 is 37.5 Å². The van der Waals surface area contributed by atoms with Crippen LogP contribution in [-0.2, 0) is 37.5 Å². The molecule has 0 spiro atoms. The normalized spacial score (nSPS) is 36.7. The molecule has 18 heavy (non-hydrogen) atoms. The summed E-state index contributed by atoms with van der Waals surface area (Å²) in [7, 11) is 0. The van der Waals surface area contributed by atoms with Crippen LogP contribution in [0.5, 0.6) is 0 Å². The monoisotopic (exact) mass is 322 g/mol. The van der Waals surface area contributed by atoms with Gasteiger partial charge in [-0.3, -0.25) is 5.57 Å². The van der Waals surface area contributed by atoms with Crippen LogP contribution in [-0.4, -0.2) is 6.29 Å². The van der Waals surface area contributed by atoms with E-state index in [1.165, 1.54) is 31.3 Å². The summed E-state index contributed by atoms with van der Waals surface area (Å²) in [6, 6.07) is 0.